The van der Waals surface area contributed by atoms with Crippen LogP contribution >= 0.6 is 35.0 Å². The summed E-state index contributed by atoms with van der Waals surface area (Å²) in [6.45, 7) is 3.91. The van der Waals surface area contributed by atoms with Crippen LogP contribution in [0.25, 0.3) is 0 Å². The standard InChI is InChI=1S/C22H21Cl2N3O3S/c1-3-27(12-20(28)25-21-17(23)8-6-9-18(21)24)22(29)16-7-4-5-10-19(16)31-13-15-11-14(2)26-30-15/h4-11H,3,12-13H2,1-2H3,(H,25,28). The summed E-state index contributed by atoms with van der Waals surface area (Å²) in [6, 6.07) is 14.1. The maximum absolute atomic E-state index is 13.2. The van der Waals surface area contributed by atoms with Crippen molar-refractivity contribution >= 4 is 52.5 Å². The highest BCUT2D eigenvalue weighted by atomic mass is 35.5. The fraction of sp³-hybridized carbons (Fsp3) is 0.227. The molecule has 0 unspecified atom stereocenters. The van der Waals surface area contributed by atoms with Crippen molar-refractivity contribution in [2.24, 2.45) is 0 Å². The number of anilines is 1. The Kier molecular flexibility index (Phi) is 8.01. The molecule has 0 aliphatic heterocycles. The lowest BCUT2D eigenvalue weighted by Crippen LogP contribution is -2.38. The normalized spacial score (nSPS) is 10.7. The second kappa shape index (κ2) is 10.7. The van der Waals surface area contributed by atoms with Gasteiger partial charge in [0.25, 0.3) is 5.91 Å². The lowest BCUT2D eigenvalue weighted by atomic mass is 10.2. The Labute approximate surface area is 194 Å². The molecule has 6 nitrogen and oxygen atoms in total. The molecule has 0 saturated heterocycles. The Morgan fingerprint density at radius 1 is 1.13 bits per heavy atom. The molecule has 3 rings (SSSR count). The molecule has 0 bridgehead atoms. The van der Waals surface area contributed by atoms with E-state index in [4.69, 9.17) is 27.7 Å². The van der Waals surface area contributed by atoms with Crippen molar-refractivity contribution in [3.63, 3.8) is 0 Å². The second-order valence-corrected chi connectivity index (χ2v) is 8.52. The molecule has 162 valence electrons. The van der Waals surface area contributed by atoms with Gasteiger partial charge in [0.1, 0.15) is 12.3 Å². The molecule has 1 heterocycles. The Morgan fingerprint density at radius 3 is 2.48 bits per heavy atom. The van der Waals surface area contributed by atoms with Gasteiger partial charge in [0.15, 0.2) is 0 Å². The number of aryl methyl sites for hydroxylation is 1. The molecule has 0 radical (unpaired) electrons. The zero-order valence-corrected chi connectivity index (χ0v) is 19.4. The number of thioether (sulfide) groups is 1. The molecule has 2 aromatic carbocycles. The summed E-state index contributed by atoms with van der Waals surface area (Å²) >= 11 is 13.7. The first kappa shape index (κ1) is 23.2. The van der Waals surface area contributed by atoms with E-state index in [9.17, 15) is 9.59 Å². The lowest BCUT2D eigenvalue weighted by molar-refractivity contribution is -0.116. The minimum atomic E-state index is -0.382. The third-order valence-electron chi connectivity index (χ3n) is 4.39. The van der Waals surface area contributed by atoms with Crippen molar-refractivity contribution in [3.05, 3.63) is 75.6 Å². The molecule has 31 heavy (non-hydrogen) atoms. The maximum atomic E-state index is 13.2. The van der Waals surface area contributed by atoms with Crippen LogP contribution in [-0.2, 0) is 10.5 Å². The van der Waals surface area contributed by atoms with E-state index in [1.54, 1.807) is 30.3 Å². The summed E-state index contributed by atoms with van der Waals surface area (Å²) in [6.07, 6.45) is 0. The predicted molar refractivity (Wildman–Crippen MR) is 124 cm³/mol. The largest absolute Gasteiger partial charge is 0.360 e. The Hall–Kier alpha value is -2.48. The van der Waals surface area contributed by atoms with Gasteiger partial charge in [0.05, 0.1) is 32.7 Å². The molecular weight excluding hydrogens is 457 g/mol. The first-order valence-electron chi connectivity index (χ1n) is 9.56. The molecule has 9 heteroatoms. The number of halogens is 2. The Morgan fingerprint density at radius 2 is 1.84 bits per heavy atom. The van der Waals surface area contributed by atoms with Gasteiger partial charge in [-0.15, -0.1) is 11.8 Å². The Bertz CT molecular complexity index is 1070. The number of benzene rings is 2. The van der Waals surface area contributed by atoms with Crippen molar-refractivity contribution in [2.75, 3.05) is 18.4 Å². The van der Waals surface area contributed by atoms with Gasteiger partial charge in [-0.2, -0.15) is 0 Å². The summed E-state index contributed by atoms with van der Waals surface area (Å²) in [4.78, 5) is 28.0. The van der Waals surface area contributed by atoms with Gasteiger partial charge in [-0.3, -0.25) is 9.59 Å². The van der Waals surface area contributed by atoms with E-state index in [2.05, 4.69) is 10.5 Å². The number of hydrogen-bond acceptors (Lipinski definition) is 5. The monoisotopic (exact) mass is 477 g/mol. The topological polar surface area (TPSA) is 75.4 Å². The minimum Gasteiger partial charge on any atom is -0.360 e. The van der Waals surface area contributed by atoms with Crippen molar-refractivity contribution in [1.82, 2.24) is 10.1 Å². The Balaban J connectivity index is 1.70. The average Bonchev–Trinajstić information content (AvgIpc) is 3.18. The van der Waals surface area contributed by atoms with E-state index < -0.39 is 0 Å². The predicted octanol–water partition coefficient (Wildman–Crippen LogP) is 5.68. The number of amides is 2. The highest BCUT2D eigenvalue weighted by Gasteiger charge is 2.21. The van der Waals surface area contributed by atoms with Gasteiger partial charge in [0, 0.05) is 17.5 Å². The van der Waals surface area contributed by atoms with Crippen LogP contribution in [0.15, 0.2) is 57.9 Å². The molecule has 0 fully saturated rings. The number of likely N-dealkylation sites (N-methyl/N-ethyl adjacent to an activating group) is 1. The van der Waals surface area contributed by atoms with Crippen molar-refractivity contribution in [2.45, 2.75) is 24.5 Å². The van der Waals surface area contributed by atoms with Crippen LogP contribution in [0, 0.1) is 6.92 Å². The maximum Gasteiger partial charge on any atom is 0.255 e. The summed E-state index contributed by atoms with van der Waals surface area (Å²) in [5.41, 5.74) is 1.66. The smallest absolute Gasteiger partial charge is 0.255 e. The molecule has 2 amide bonds. The van der Waals surface area contributed by atoms with Gasteiger partial charge in [-0.25, -0.2) is 0 Å². The highest BCUT2D eigenvalue weighted by molar-refractivity contribution is 7.98. The van der Waals surface area contributed by atoms with Gasteiger partial charge >= 0.3 is 0 Å². The summed E-state index contributed by atoms with van der Waals surface area (Å²) in [5, 5.41) is 7.24. The highest BCUT2D eigenvalue weighted by Crippen LogP contribution is 2.30. The van der Waals surface area contributed by atoms with Crippen molar-refractivity contribution in [3.8, 4) is 0 Å². The van der Waals surface area contributed by atoms with Crippen molar-refractivity contribution < 1.29 is 14.1 Å². The number of nitrogens with one attached hydrogen (secondary N) is 1. The van der Waals surface area contributed by atoms with Crippen LogP contribution in [0.1, 0.15) is 28.7 Å². The van der Waals surface area contributed by atoms with E-state index in [-0.39, 0.29) is 18.4 Å². The number of carbonyl (C=O) groups excluding carboxylic acids is 2. The molecule has 0 atom stereocenters. The first-order valence-corrected chi connectivity index (χ1v) is 11.3. The van der Waals surface area contributed by atoms with Gasteiger partial charge in [-0.05, 0) is 38.1 Å². The SMILES string of the molecule is CCN(CC(=O)Nc1c(Cl)cccc1Cl)C(=O)c1ccccc1SCc1cc(C)no1. The van der Waals surface area contributed by atoms with E-state index in [1.165, 1.54) is 16.7 Å². The number of para-hydroxylation sites is 1. The third-order valence-corrected chi connectivity index (χ3v) is 6.12. The summed E-state index contributed by atoms with van der Waals surface area (Å²) < 4.78 is 5.24. The molecule has 0 aliphatic rings. The second-order valence-electron chi connectivity index (χ2n) is 6.68. The zero-order chi connectivity index (χ0) is 22.4. The van der Waals surface area contributed by atoms with Crippen LogP contribution in [0.5, 0.6) is 0 Å². The summed E-state index contributed by atoms with van der Waals surface area (Å²) in [5.74, 6) is 0.656. The van der Waals surface area contributed by atoms with Crippen LogP contribution in [0.2, 0.25) is 10.0 Å². The molecule has 1 N–H and O–H groups in total. The van der Waals surface area contributed by atoms with E-state index in [0.717, 1.165) is 16.3 Å². The molecule has 3 aromatic rings. The van der Waals surface area contributed by atoms with Crippen molar-refractivity contribution in [1.29, 1.82) is 0 Å². The first-order chi connectivity index (χ1) is 14.9. The van der Waals surface area contributed by atoms with Gasteiger partial charge in [0.2, 0.25) is 5.91 Å². The average molecular weight is 478 g/mol. The fourth-order valence-corrected chi connectivity index (χ4v) is 4.28. The number of carbonyl (C=O) groups is 2. The number of aromatic nitrogens is 1. The quantitative estimate of drug-likeness (QED) is 0.422. The number of nitrogens with zero attached hydrogens (tertiary/aromatic N) is 2. The number of hydrogen-bond donors (Lipinski definition) is 1. The van der Waals surface area contributed by atoms with E-state index >= 15 is 0 Å². The van der Waals surface area contributed by atoms with Crippen LogP contribution in [0.4, 0.5) is 5.69 Å². The van der Waals surface area contributed by atoms with E-state index in [1.807, 2.05) is 32.0 Å². The molecular formula is C22H21Cl2N3O3S. The van der Waals surface area contributed by atoms with Crippen LogP contribution < -0.4 is 5.32 Å². The molecule has 0 aliphatic carbocycles. The van der Waals surface area contributed by atoms with Crippen LogP contribution in [-0.4, -0.2) is 35.0 Å². The van der Waals surface area contributed by atoms with Crippen LogP contribution in [0.3, 0.4) is 0 Å². The third kappa shape index (κ3) is 6.03. The number of rotatable bonds is 8. The minimum absolute atomic E-state index is 0.128. The van der Waals surface area contributed by atoms with E-state index in [0.29, 0.717) is 33.6 Å². The fourth-order valence-electron chi connectivity index (χ4n) is 2.87. The molecule has 0 saturated carbocycles. The van der Waals surface area contributed by atoms with Gasteiger partial charge in [-0.1, -0.05) is 46.6 Å². The lowest BCUT2D eigenvalue weighted by Gasteiger charge is -2.22. The zero-order valence-electron chi connectivity index (χ0n) is 17.0. The van der Waals surface area contributed by atoms with Gasteiger partial charge < -0.3 is 14.7 Å². The summed E-state index contributed by atoms with van der Waals surface area (Å²) in [7, 11) is 0. The molecule has 1 aromatic heterocycles. The molecule has 0 spiro atoms.